The second-order valence-corrected chi connectivity index (χ2v) is 12.7. The fourth-order valence-electron chi connectivity index (χ4n) is 5.37. The van der Waals surface area contributed by atoms with E-state index in [0.717, 1.165) is 0 Å². The van der Waals surface area contributed by atoms with Gasteiger partial charge in [0.2, 0.25) is 11.6 Å². The summed E-state index contributed by atoms with van der Waals surface area (Å²) in [7, 11) is 0. The molecule has 2 atom stereocenters. The first-order valence-electron chi connectivity index (χ1n) is 16.6. The smallest absolute Gasteiger partial charge is 0.396 e. The molecule has 0 aromatic carbocycles. The molecule has 0 saturated heterocycles. The first-order valence-corrected chi connectivity index (χ1v) is 17.4. The van der Waals surface area contributed by atoms with Gasteiger partial charge in [0.25, 0.3) is 0 Å². The highest BCUT2D eigenvalue weighted by atomic mass is 79.9. The van der Waals surface area contributed by atoms with Crippen molar-refractivity contribution in [2.75, 3.05) is 24.7 Å². The third-order valence-electron chi connectivity index (χ3n) is 8.04. The molecule has 6 heterocycles. The van der Waals surface area contributed by atoms with Gasteiger partial charge in [0, 0.05) is 49.1 Å². The Bertz CT molecular complexity index is 2350. The van der Waals surface area contributed by atoms with E-state index in [4.69, 9.17) is 21.7 Å². The van der Waals surface area contributed by atoms with Crippen molar-refractivity contribution in [3.8, 4) is 28.1 Å². The first kappa shape index (κ1) is 45.1. The molecular formula is C34H31BrF6N12O6. The number of hydrogen-bond donors (Lipinski definition) is 5. The number of pyridine rings is 4. The number of aromatic nitrogens is 8. The largest absolute Gasteiger partial charge is 0.397 e. The quantitative estimate of drug-likeness (QED) is 0.0393. The molecule has 0 fully saturated rings. The van der Waals surface area contributed by atoms with E-state index in [2.05, 4.69) is 51.2 Å². The minimum Gasteiger partial charge on any atom is -0.396 e. The average molecular weight is 898 g/mol. The summed E-state index contributed by atoms with van der Waals surface area (Å²) in [6, 6.07) is 11.3. The maximum Gasteiger partial charge on any atom is 0.397 e. The number of aromatic amines is 1. The van der Waals surface area contributed by atoms with Crippen molar-refractivity contribution in [3.05, 3.63) is 122 Å². The number of aliphatic hydroxyl groups excluding tert-OH is 2. The van der Waals surface area contributed by atoms with Crippen molar-refractivity contribution in [2.45, 2.75) is 37.0 Å². The van der Waals surface area contributed by atoms with E-state index in [1.54, 1.807) is 12.3 Å². The van der Waals surface area contributed by atoms with E-state index in [0.29, 0.717) is 21.3 Å². The number of nitrogens with zero attached hydrogens (tertiary/aromatic N) is 9. The molecule has 0 radical (unpaired) electrons. The van der Waals surface area contributed by atoms with Crippen molar-refractivity contribution < 1.29 is 46.4 Å². The number of nitrogen functional groups attached to an aromatic ring is 2. The fourth-order valence-corrected chi connectivity index (χ4v) is 5.73. The Morgan fingerprint density at radius 3 is 1.73 bits per heavy atom. The van der Waals surface area contributed by atoms with E-state index in [1.165, 1.54) is 78.1 Å². The van der Waals surface area contributed by atoms with Gasteiger partial charge in [-0.15, -0.1) is 0 Å². The van der Waals surface area contributed by atoms with Crippen molar-refractivity contribution in [1.82, 2.24) is 39.9 Å². The van der Waals surface area contributed by atoms with Gasteiger partial charge in [-0.05, 0) is 65.2 Å². The van der Waals surface area contributed by atoms with E-state index in [1.807, 2.05) is 0 Å². The molecule has 7 N–H and O–H groups in total. The van der Waals surface area contributed by atoms with Gasteiger partial charge >= 0.3 is 23.7 Å². The molecule has 0 aliphatic carbocycles. The number of alkyl halides is 6. The minimum absolute atomic E-state index is 0.0778. The second kappa shape index (κ2) is 19.7. The zero-order chi connectivity index (χ0) is 43.5. The van der Waals surface area contributed by atoms with Crippen LogP contribution in [0.1, 0.15) is 36.1 Å². The Morgan fingerprint density at radius 2 is 1.27 bits per heavy atom. The molecule has 59 heavy (non-hydrogen) atoms. The van der Waals surface area contributed by atoms with Crippen LogP contribution in [0.4, 0.5) is 49.4 Å². The molecule has 0 aliphatic heterocycles. The first-order chi connectivity index (χ1) is 27.9. The number of nitrogens with two attached hydrogens (primary N) is 2. The van der Waals surface area contributed by atoms with Crippen LogP contribution < -0.4 is 11.5 Å². The topological polar surface area (TPSA) is 277 Å². The molecule has 25 heteroatoms. The van der Waals surface area contributed by atoms with Gasteiger partial charge in [-0.3, -0.25) is 25.3 Å². The molecule has 0 bridgehead atoms. The van der Waals surface area contributed by atoms with Gasteiger partial charge in [0.15, 0.2) is 5.82 Å². The highest BCUT2D eigenvalue weighted by molar-refractivity contribution is 9.10. The Balaban J connectivity index is 0.000000215. The third kappa shape index (κ3) is 11.7. The van der Waals surface area contributed by atoms with Gasteiger partial charge in [0.05, 0.1) is 56.6 Å². The number of aliphatic hydroxyl groups is 2. The zero-order valence-corrected chi connectivity index (χ0v) is 31.5. The van der Waals surface area contributed by atoms with Crippen LogP contribution in [-0.2, 0) is 0 Å². The Hall–Kier alpha value is -6.60. The number of halogens is 7. The molecule has 0 amide bonds. The highest BCUT2D eigenvalue weighted by Crippen LogP contribution is 2.38. The highest BCUT2D eigenvalue weighted by Gasteiger charge is 2.42. The van der Waals surface area contributed by atoms with E-state index < -0.39 is 59.4 Å². The van der Waals surface area contributed by atoms with Crippen molar-refractivity contribution in [3.63, 3.8) is 0 Å². The van der Waals surface area contributed by atoms with Crippen LogP contribution in [0.2, 0.25) is 0 Å². The molecule has 0 aliphatic rings. The SMILES string of the molecule is Nc1nccc(-c2cn[nH]c2)c1[N+](=O)[O-].Nc1nccc(-c2cnn(-c3cccc(C(CCO)C(F)(F)F)n3)c2)c1[N+](=O)[O-].OCCC(c1cccc(Br)n1)C(F)(F)F. The number of hydrogen-bond acceptors (Lipinski definition) is 14. The number of nitrogens with one attached hydrogen (secondary N) is 1. The number of rotatable bonds is 11. The monoisotopic (exact) mass is 896 g/mol. The lowest BCUT2D eigenvalue weighted by atomic mass is 10.0. The average Bonchev–Trinajstić information content (AvgIpc) is 3.89. The minimum atomic E-state index is -4.57. The van der Waals surface area contributed by atoms with Gasteiger partial charge in [-0.1, -0.05) is 12.1 Å². The van der Waals surface area contributed by atoms with Gasteiger partial charge in [0.1, 0.15) is 4.60 Å². The second-order valence-electron chi connectivity index (χ2n) is 11.9. The van der Waals surface area contributed by atoms with Crippen molar-refractivity contribution >= 4 is 38.9 Å². The standard InChI is InChI=1S/C17H15F3N6O3.C9H9BrF3NO.C8H7N5O2/c18-17(19,20)12(5-7-27)13-2-1-3-14(24-13)25-9-10(8-23-25)11-4-6-22-16(21)15(11)26(28)29;10-8-3-1-2-7(14-8)6(4-5-15)9(11,12)13;9-8-7(13(14)15)6(1-2-10-8)5-3-11-12-4-5/h1-4,6,8-9,12,27H,5,7H2,(H2,21,22);1-3,6,15H,4-5H2;1-4H,(H2,9,10)(H,11,12). The maximum absolute atomic E-state index is 13.3. The van der Waals surface area contributed by atoms with Gasteiger partial charge in [-0.2, -0.15) is 36.5 Å². The predicted octanol–water partition coefficient (Wildman–Crippen LogP) is 6.68. The molecule has 6 rings (SSSR count). The Labute approximate surface area is 336 Å². The summed E-state index contributed by atoms with van der Waals surface area (Å²) in [5.41, 5.74) is 11.6. The Kier molecular flexibility index (Phi) is 15.1. The summed E-state index contributed by atoms with van der Waals surface area (Å²) >= 11 is 3.01. The number of anilines is 2. The molecule has 6 aromatic rings. The predicted molar refractivity (Wildman–Crippen MR) is 201 cm³/mol. The number of nitro groups is 2. The normalized spacial score (nSPS) is 12.4. The van der Waals surface area contributed by atoms with Crippen LogP contribution in [0.15, 0.2) is 90.3 Å². The lowest BCUT2D eigenvalue weighted by Gasteiger charge is -2.19. The number of H-pyrrole nitrogens is 1. The zero-order valence-electron chi connectivity index (χ0n) is 29.9. The van der Waals surface area contributed by atoms with E-state index in [9.17, 15) is 46.6 Å². The van der Waals surface area contributed by atoms with Crippen LogP contribution in [0.25, 0.3) is 28.1 Å². The van der Waals surface area contributed by atoms with Crippen molar-refractivity contribution in [1.29, 1.82) is 0 Å². The lowest BCUT2D eigenvalue weighted by molar-refractivity contribution is -0.383. The molecule has 6 aromatic heterocycles. The van der Waals surface area contributed by atoms with Crippen LogP contribution in [0.3, 0.4) is 0 Å². The Morgan fingerprint density at radius 1 is 0.763 bits per heavy atom. The van der Waals surface area contributed by atoms with Gasteiger partial charge in [-0.25, -0.2) is 24.6 Å². The van der Waals surface area contributed by atoms with Crippen LogP contribution >= 0.6 is 15.9 Å². The summed E-state index contributed by atoms with van der Waals surface area (Å²) in [6.07, 6.45) is -1.37. The van der Waals surface area contributed by atoms with E-state index >= 15 is 0 Å². The van der Waals surface area contributed by atoms with Crippen molar-refractivity contribution in [2.24, 2.45) is 0 Å². The van der Waals surface area contributed by atoms with Crippen LogP contribution in [0, 0.1) is 20.2 Å². The molecule has 18 nitrogen and oxygen atoms in total. The van der Waals surface area contributed by atoms with Crippen LogP contribution in [-0.4, -0.2) is 85.5 Å². The molecule has 0 saturated carbocycles. The molecule has 312 valence electrons. The summed E-state index contributed by atoms with van der Waals surface area (Å²) in [5.74, 6) is -3.91. The summed E-state index contributed by atoms with van der Waals surface area (Å²) in [6.45, 7) is -1.16. The van der Waals surface area contributed by atoms with Gasteiger partial charge < -0.3 is 21.7 Å². The summed E-state index contributed by atoms with van der Waals surface area (Å²) < 4.78 is 79.0. The summed E-state index contributed by atoms with van der Waals surface area (Å²) in [5, 5.41) is 50.0. The lowest BCUT2D eigenvalue weighted by Crippen LogP contribution is -2.23. The van der Waals surface area contributed by atoms with E-state index in [-0.39, 0.29) is 46.5 Å². The van der Waals surface area contributed by atoms with Crippen LogP contribution in [0.5, 0.6) is 0 Å². The molecule has 0 spiro atoms. The molecular weight excluding hydrogens is 866 g/mol. The fraction of sp³-hybridized carbons (Fsp3) is 0.235. The molecule has 2 unspecified atom stereocenters. The summed E-state index contributed by atoms with van der Waals surface area (Å²) in [4.78, 5) is 36.0. The third-order valence-corrected chi connectivity index (χ3v) is 8.48. The maximum atomic E-state index is 13.3.